The van der Waals surface area contributed by atoms with Crippen molar-refractivity contribution in [2.75, 3.05) is 18.8 Å². The fraction of sp³-hybridized carbons (Fsp3) is 0.600. The van der Waals surface area contributed by atoms with E-state index >= 15 is 0 Å². The zero-order valence-electron chi connectivity index (χ0n) is 10.3. The van der Waals surface area contributed by atoms with Gasteiger partial charge in [0, 0.05) is 16.7 Å². The molecule has 0 saturated carbocycles. The summed E-state index contributed by atoms with van der Waals surface area (Å²) in [6, 6.07) is 11.8. The Kier molecular flexibility index (Phi) is 3.72. The van der Waals surface area contributed by atoms with Crippen LogP contribution in [0.1, 0.15) is 25.7 Å². The Labute approximate surface area is 109 Å². The third kappa shape index (κ3) is 2.69. The second-order valence-electron chi connectivity index (χ2n) is 5.27. The van der Waals surface area contributed by atoms with E-state index in [0.29, 0.717) is 0 Å². The van der Waals surface area contributed by atoms with E-state index in [1.54, 1.807) is 0 Å². The molecule has 2 atom stereocenters. The van der Waals surface area contributed by atoms with Crippen LogP contribution in [0.5, 0.6) is 0 Å². The van der Waals surface area contributed by atoms with Gasteiger partial charge in [0.05, 0.1) is 0 Å². The topological polar surface area (TPSA) is 3.24 Å². The molecule has 0 aliphatic carbocycles. The van der Waals surface area contributed by atoms with Gasteiger partial charge in [-0.05, 0) is 56.8 Å². The molecule has 0 amide bonds. The van der Waals surface area contributed by atoms with Crippen LogP contribution in [0.25, 0.3) is 0 Å². The zero-order chi connectivity index (χ0) is 11.5. The molecule has 2 fully saturated rings. The van der Waals surface area contributed by atoms with E-state index in [0.717, 1.165) is 12.0 Å². The van der Waals surface area contributed by atoms with Crippen LogP contribution in [0.3, 0.4) is 0 Å². The standard InChI is InChI=1S/C15H21NS/c1-2-7-14(8-3-1)17-12-13-6-4-10-16-11-5-9-15(13)16/h1-3,7-8,13,15H,4-6,9-12H2/t13-,15-/m1/s1. The predicted molar refractivity (Wildman–Crippen MR) is 74.5 cm³/mol. The predicted octanol–water partition coefficient (Wildman–Crippen LogP) is 3.65. The van der Waals surface area contributed by atoms with Crippen LogP contribution in [0, 0.1) is 5.92 Å². The summed E-state index contributed by atoms with van der Waals surface area (Å²) >= 11 is 2.05. The van der Waals surface area contributed by atoms with Crippen molar-refractivity contribution in [3.8, 4) is 0 Å². The largest absolute Gasteiger partial charge is 0.300 e. The molecule has 0 N–H and O–H groups in total. The second-order valence-corrected chi connectivity index (χ2v) is 6.37. The van der Waals surface area contributed by atoms with Gasteiger partial charge in [-0.25, -0.2) is 0 Å². The minimum Gasteiger partial charge on any atom is -0.300 e. The van der Waals surface area contributed by atoms with Crippen LogP contribution in [-0.2, 0) is 0 Å². The van der Waals surface area contributed by atoms with Gasteiger partial charge in [-0.1, -0.05) is 18.2 Å². The Morgan fingerprint density at radius 2 is 1.82 bits per heavy atom. The summed E-state index contributed by atoms with van der Waals surface area (Å²) < 4.78 is 0. The molecule has 0 aromatic heterocycles. The normalized spacial score (nSPS) is 29.2. The van der Waals surface area contributed by atoms with Crippen LogP contribution in [0.15, 0.2) is 35.2 Å². The van der Waals surface area contributed by atoms with E-state index in [4.69, 9.17) is 0 Å². The van der Waals surface area contributed by atoms with Gasteiger partial charge in [0.1, 0.15) is 0 Å². The molecule has 2 aliphatic rings. The van der Waals surface area contributed by atoms with E-state index in [9.17, 15) is 0 Å². The number of fused-ring (bicyclic) bond motifs is 1. The highest BCUT2D eigenvalue weighted by Gasteiger charge is 2.34. The van der Waals surface area contributed by atoms with Crippen molar-refractivity contribution >= 4 is 11.8 Å². The lowest BCUT2D eigenvalue weighted by Crippen LogP contribution is -2.41. The highest BCUT2D eigenvalue weighted by Crippen LogP contribution is 2.35. The van der Waals surface area contributed by atoms with Crippen LogP contribution < -0.4 is 0 Å². The molecule has 2 heteroatoms. The molecule has 0 radical (unpaired) electrons. The first-order valence-corrected chi connectivity index (χ1v) is 7.84. The van der Waals surface area contributed by atoms with Crippen molar-refractivity contribution < 1.29 is 0 Å². The van der Waals surface area contributed by atoms with Gasteiger partial charge in [0.15, 0.2) is 0 Å². The molecule has 3 rings (SSSR count). The third-order valence-corrected chi connectivity index (χ3v) is 5.39. The quantitative estimate of drug-likeness (QED) is 0.750. The fourth-order valence-electron chi connectivity index (χ4n) is 3.33. The van der Waals surface area contributed by atoms with E-state index in [1.807, 2.05) is 11.8 Å². The van der Waals surface area contributed by atoms with Crippen molar-refractivity contribution in [2.24, 2.45) is 5.92 Å². The highest BCUT2D eigenvalue weighted by atomic mass is 32.2. The number of hydrogen-bond donors (Lipinski definition) is 0. The van der Waals surface area contributed by atoms with E-state index in [1.165, 1.54) is 49.4 Å². The van der Waals surface area contributed by atoms with Gasteiger partial charge < -0.3 is 4.90 Å². The summed E-state index contributed by atoms with van der Waals surface area (Å²) in [5, 5.41) is 0. The van der Waals surface area contributed by atoms with Crippen molar-refractivity contribution in [3.05, 3.63) is 30.3 Å². The lowest BCUT2D eigenvalue weighted by atomic mass is 9.91. The molecule has 92 valence electrons. The Balaban J connectivity index is 1.57. The molecule has 2 saturated heterocycles. The van der Waals surface area contributed by atoms with E-state index < -0.39 is 0 Å². The maximum absolute atomic E-state index is 2.74. The van der Waals surface area contributed by atoms with Gasteiger partial charge in [0.2, 0.25) is 0 Å². The van der Waals surface area contributed by atoms with Crippen molar-refractivity contribution in [2.45, 2.75) is 36.6 Å². The molecule has 0 bridgehead atoms. The van der Waals surface area contributed by atoms with Gasteiger partial charge in [-0.3, -0.25) is 0 Å². The average Bonchev–Trinajstić information content (AvgIpc) is 2.86. The van der Waals surface area contributed by atoms with Gasteiger partial charge in [-0.2, -0.15) is 0 Å². The Hall–Kier alpha value is -0.470. The van der Waals surface area contributed by atoms with Crippen LogP contribution in [0.2, 0.25) is 0 Å². The maximum atomic E-state index is 2.74. The Morgan fingerprint density at radius 3 is 2.65 bits per heavy atom. The van der Waals surface area contributed by atoms with Gasteiger partial charge >= 0.3 is 0 Å². The molecule has 1 aromatic rings. The van der Waals surface area contributed by atoms with Crippen LogP contribution in [0.4, 0.5) is 0 Å². The Morgan fingerprint density at radius 1 is 1.06 bits per heavy atom. The summed E-state index contributed by atoms with van der Waals surface area (Å²) in [4.78, 5) is 4.17. The minimum absolute atomic E-state index is 0.903. The molecule has 0 spiro atoms. The number of rotatable bonds is 3. The van der Waals surface area contributed by atoms with Crippen molar-refractivity contribution in [1.82, 2.24) is 4.90 Å². The molecule has 0 unspecified atom stereocenters. The maximum Gasteiger partial charge on any atom is 0.0132 e. The minimum atomic E-state index is 0.903. The molecule has 1 aromatic carbocycles. The summed E-state index contributed by atoms with van der Waals surface area (Å²) in [5.74, 6) is 2.24. The van der Waals surface area contributed by atoms with Gasteiger partial charge in [0.25, 0.3) is 0 Å². The number of piperidine rings is 1. The summed E-state index contributed by atoms with van der Waals surface area (Å²) in [6.45, 7) is 2.72. The summed E-state index contributed by atoms with van der Waals surface area (Å²) in [5.41, 5.74) is 0. The first-order valence-electron chi connectivity index (χ1n) is 6.85. The van der Waals surface area contributed by atoms with E-state index in [-0.39, 0.29) is 0 Å². The number of hydrogen-bond acceptors (Lipinski definition) is 2. The third-order valence-electron chi connectivity index (χ3n) is 4.19. The van der Waals surface area contributed by atoms with Crippen LogP contribution in [-0.4, -0.2) is 29.8 Å². The number of thioether (sulfide) groups is 1. The number of benzene rings is 1. The molecule has 1 nitrogen and oxygen atoms in total. The lowest BCUT2D eigenvalue weighted by molar-refractivity contribution is 0.147. The van der Waals surface area contributed by atoms with Crippen molar-refractivity contribution in [3.63, 3.8) is 0 Å². The van der Waals surface area contributed by atoms with Crippen molar-refractivity contribution in [1.29, 1.82) is 0 Å². The molecular formula is C15H21NS. The SMILES string of the molecule is c1ccc(SC[C@H]2CCCN3CCC[C@H]23)cc1. The molecular weight excluding hydrogens is 226 g/mol. The monoisotopic (exact) mass is 247 g/mol. The molecule has 2 aliphatic heterocycles. The summed E-state index contributed by atoms with van der Waals surface area (Å²) in [6.07, 6.45) is 5.73. The van der Waals surface area contributed by atoms with Crippen LogP contribution >= 0.6 is 11.8 Å². The second kappa shape index (κ2) is 5.45. The highest BCUT2D eigenvalue weighted by molar-refractivity contribution is 7.99. The average molecular weight is 247 g/mol. The smallest absolute Gasteiger partial charge is 0.0132 e. The lowest BCUT2D eigenvalue weighted by Gasteiger charge is -2.36. The van der Waals surface area contributed by atoms with E-state index in [2.05, 4.69) is 35.2 Å². The first kappa shape index (κ1) is 11.6. The number of nitrogens with zero attached hydrogens (tertiary/aromatic N) is 1. The Bertz CT molecular complexity index is 351. The van der Waals surface area contributed by atoms with Gasteiger partial charge in [-0.15, -0.1) is 11.8 Å². The molecule has 2 heterocycles. The zero-order valence-corrected chi connectivity index (χ0v) is 11.2. The first-order chi connectivity index (χ1) is 8.43. The fourth-order valence-corrected chi connectivity index (χ4v) is 4.47. The summed E-state index contributed by atoms with van der Waals surface area (Å²) in [7, 11) is 0. The molecule has 17 heavy (non-hydrogen) atoms.